The monoisotopic (exact) mass is 512 g/mol. The molecule has 0 aromatic carbocycles. The zero-order valence-corrected chi connectivity index (χ0v) is 21.6. The molecule has 4 aliphatic rings. The van der Waals surface area contributed by atoms with Crippen LogP contribution < -0.4 is 0 Å². The van der Waals surface area contributed by atoms with Crippen molar-refractivity contribution in [2.24, 2.45) is 46.3 Å². The maximum Gasteiger partial charge on any atom is 0.0577 e. The van der Waals surface area contributed by atoms with Gasteiger partial charge in [-0.05, 0) is 92.3 Å². The van der Waals surface area contributed by atoms with Crippen LogP contribution in [0.4, 0.5) is 0 Å². The molecule has 2 heteroatoms. The smallest absolute Gasteiger partial charge is 0.0577 e. The third-order valence-electron chi connectivity index (χ3n) is 10.2. The number of hydrogen-bond acceptors (Lipinski definition) is 1. The van der Waals surface area contributed by atoms with Gasteiger partial charge in [0.2, 0.25) is 0 Å². The molecule has 0 saturated heterocycles. The van der Waals surface area contributed by atoms with E-state index in [2.05, 4.69) is 56.4 Å². The number of aliphatic hydroxyl groups is 1. The lowest BCUT2D eigenvalue weighted by atomic mass is 9.47. The van der Waals surface area contributed by atoms with Gasteiger partial charge in [-0.15, -0.1) is 0 Å². The van der Waals surface area contributed by atoms with Gasteiger partial charge in [0.25, 0.3) is 0 Å². The fraction of sp³-hybridized carbons (Fsp3) is 0.926. The van der Waals surface area contributed by atoms with Gasteiger partial charge >= 0.3 is 0 Å². The minimum atomic E-state index is -0.0784. The Morgan fingerprint density at radius 3 is 2.59 bits per heavy atom. The molecule has 0 spiro atoms. The second kappa shape index (κ2) is 8.75. The SMILES string of the molecule is CC(C)CCC[C@H](C)[C@H]1CC[C@@H]2[C@H]3CC=C4C[C@@H](O)CC[C@]4(CI)[C@H]3CC[C@@]21C. The number of alkyl halides is 1. The maximum atomic E-state index is 10.3. The number of halogens is 1. The second-order valence-electron chi connectivity index (χ2n) is 12.1. The highest BCUT2D eigenvalue weighted by atomic mass is 127. The molecule has 0 radical (unpaired) electrons. The van der Waals surface area contributed by atoms with E-state index < -0.39 is 0 Å². The zero-order chi connectivity index (χ0) is 20.8. The van der Waals surface area contributed by atoms with Crippen LogP contribution in [0.1, 0.15) is 98.3 Å². The zero-order valence-electron chi connectivity index (χ0n) is 19.4. The van der Waals surface area contributed by atoms with E-state index >= 15 is 0 Å². The molecule has 4 aliphatic carbocycles. The molecule has 0 amide bonds. The van der Waals surface area contributed by atoms with Gasteiger partial charge in [0.15, 0.2) is 0 Å². The van der Waals surface area contributed by atoms with Gasteiger partial charge in [0, 0.05) is 9.84 Å². The summed E-state index contributed by atoms with van der Waals surface area (Å²) in [5, 5.41) is 10.3. The molecule has 0 heterocycles. The van der Waals surface area contributed by atoms with Crippen molar-refractivity contribution in [3.05, 3.63) is 11.6 Å². The molecule has 0 bridgehead atoms. The van der Waals surface area contributed by atoms with E-state index in [0.29, 0.717) is 10.8 Å². The van der Waals surface area contributed by atoms with Crippen molar-refractivity contribution >= 4 is 22.6 Å². The lowest BCUT2D eigenvalue weighted by Crippen LogP contribution is -2.52. The molecular formula is C27H45IO. The highest BCUT2D eigenvalue weighted by Gasteiger charge is 2.59. The van der Waals surface area contributed by atoms with E-state index in [1.165, 1.54) is 62.2 Å². The standard InChI is InChI=1S/C27H45IO/c1-18(2)6-5-7-19(3)23-10-11-24-22-9-8-20-16-21(29)12-15-27(20,17-28)25(22)13-14-26(23,24)4/h8,18-19,21-25,29H,5-7,9-17H2,1-4H3/t19-,21-,22+,23+,24+,25-,26+,27+/m0/s1. The summed E-state index contributed by atoms with van der Waals surface area (Å²) in [5.74, 6) is 5.46. The molecule has 8 atom stereocenters. The Kier molecular flexibility index (Phi) is 6.83. The van der Waals surface area contributed by atoms with Crippen molar-refractivity contribution in [2.45, 2.75) is 104 Å². The van der Waals surface area contributed by atoms with Gasteiger partial charge in [-0.3, -0.25) is 0 Å². The summed E-state index contributed by atoms with van der Waals surface area (Å²) in [6.45, 7) is 10.0. The van der Waals surface area contributed by atoms with E-state index in [-0.39, 0.29) is 6.10 Å². The highest BCUT2D eigenvalue weighted by Crippen LogP contribution is 2.67. The van der Waals surface area contributed by atoms with Crippen LogP contribution in [-0.4, -0.2) is 15.6 Å². The Morgan fingerprint density at radius 2 is 1.86 bits per heavy atom. The third kappa shape index (κ3) is 3.89. The van der Waals surface area contributed by atoms with Crippen LogP contribution in [0.3, 0.4) is 0 Å². The van der Waals surface area contributed by atoms with E-state index in [9.17, 15) is 5.11 Å². The largest absolute Gasteiger partial charge is 0.393 e. The summed E-state index contributed by atoms with van der Waals surface area (Å²) < 4.78 is 1.27. The number of hydrogen-bond donors (Lipinski definition) is 1. The second-order valence-corrected chi connectivity index (χ2v) is 12.8. The van der Waals surface area contributed by atoms with Crippen LogP contribution in [-0.2, 0) is 0 Å². The van der Waals surface area contributed by atoms with E-state index in [1.807, 2.05) is 0 Å². The summed E-state index contributed by atoms with van der Waals surface area (Å²) in [6.07, 6.45) is 17.2. The molecule has 0 aromatic heterocycles. The van der Waals surface area contributed by atoms with Gasteiger partial charge in [-0.25, -0.2) is 0 Å². The molecule has 0 unspecified atom stereocenters. The van der Waals surface area contributed by atoms with Gasteiger partial charge in [-0.1, -0.05) is 81.2 Å². The number of aliphatic hydroxyl groups excluding tert-OH is 1. The molecule has 3 saturated carbocycles. The van der Waals surface area contributed by atoms with Gasteiger partial charge in [-0.2, -0.15) is 0 Å². The lowest BCUT2D eigenvalue weighted by Gasteiger charge is -2.59. The molecule has 166 valence electrons. The first-order valence-corrected chi connectivity index (χ1v) is 14.3. The Labute approximate surface area is 194 Å². The van der Waals surface area contributed by atoms with Crippen molar-refractivity contribution in [1.29, 1.82) is 0 Å². The van der Waals surface area contributed by atoms with E-state index in [0.717, 1.165) is 48.3 Å². The summed E-state index contributed by atoms with van der Waals surface area (Å²) in [6, 6.07) is 0. The first-order chi connectivity index (χ1) is 13.8. The molecular weight excluding hydrogens is 467 g/mol. The molecule has 1 N–H and O–H groups in total. The first-order valence-electron chi connectivity index (χ1n) is 12.8. The summed E-state index contributed by atoms with van der Waals surface area (Å²) >= 11 is 2.68. The minimum absolute atomic E-state index is 0.0784. The van der Waals surface area contributed by atoms with Crippen LogP contribution >= 0.6 is 22.6 Å². The van der Waals surface area contributed by atoms with Crippen LogP contribution in [0.5, 0.6) is 0 Å². The molecule has 3 fully saturated rings. The average Bonchev–Trinajstić information content (AvgIpc) is 3.04. The molecule has 0 aromatic rings. The number of rotatable bonds is 6. The van der Waals surface area contributed by atoms with Crippen molar-refractivity contribution < 1.29 is 5.11 Å². The third-order valence-corrected chi connectivity index (χ3v) is 11.6. The molecule has 29 heavy (non-hydrogen) atoms. The summed E-state index contributed by atoms with van der Waals surface area (Å²) in [7, 11) is 0. The molecule has 1 nitrogen and oxygen atoms in total. The maximum absolute atomic E-state index is 10.3. The van der Waals surface area contributed by atoms with Gasteiger partial charge < -0.3 is 5.11 Å². The topological polar surface area (TPSA) is 20.2 Å². The van der Waals surface area contributed by atoms with Crippen molar-refractivity contribution in [2.75, 3.05) is 4.43 Å². The summed E-state index contributed by atoms with van der Waals surface area (Å²) in [5.41, 5.74) is 2.65. The predicted molar refractivity (Wildman–Crippen MR) is 132 cm³/mol. The molecule has 4 rings (SSSR count). The average molecular weight is 513 g/mol. The Hall–Kier alpha value is 0.430. The van der Waals surface area contributed by atoms with Gasteiger partial charge in [0.1, 0.15) is 0 Å². The van der Waals surface area contributed by atoms with Crippen LogP contribution in [0.2, 0.25) is 0 Å². The Bertz CT molecular complexity index is 612. The first kappa shape index (κ1) is 22.6. The number of fused-ring (bicyclic) bond motifs is 5. The van der Waals surface area contributed by atoms with Crippen molar-refractivity contribution in [3.63, 3.8) is 0 Å². The van der Waals surface area contributed by atoms with Crippen LogP contribution in [0, 0.1) is 46.3 Å². The molecule has 0 aliphatic heterocycles. The van der Waals surface area contributed by atoms with Gasteiger partial charge in [0.05, 0.1) is 6.10 Å². The summed E-state index contributed by atoms with van der Waals surface area (Å²) in [4.78, 5) is 0. The van der Waals surface area contributed by atoms with Crippen LogP contribution in [0.15, 0.2) is 11.6 Å². The number of allylic oxidation sites excluding steroid dienone is 1. The minimum Gasteiger partial charge on any atom is -0.393 e. The normalized spacial score (nSPS) is 45.3. The van der Waals surface area contributed by atoms with Crippen LogP contribution in [0.25, 0.3) is 0 Å². The van der Waals surface area contributed by atoms with Crippen molar-refractivity contribution in [1.82, 2.24) is 0 Å². The fourth-order valence-electron chi connectivity index (χ4n) is 8.71. The van der Waals surface area contributed by atoms with E-state index in [1.54, 1.807) is 5.57 Å². The quantitative estimate of drug-likeness (QED) is 0.219. The fourth-order valence-corrected chi connectivity index (χ4v) is 10.1. The Balaban J connectivity index is 1.51. The Morgan fingerprint density at radius 1 is 1.07 bits per heavy atom. The van der Waals surface area contributed by atoms with Crippen molar-refractivity contribution in [3.8, 4) is 0 Å². The predicted octanol–water partition coefficient (Wildman–Crippen LogP) is 7.80. The lowest BCUT2D eigenvalue weighted by molar-refractivity contribution is -0.0548. The van der Waals surface area contributed by atoms with E-state index in [4.69, 9.17) is 0 Å². The highest BCUT2D eigenvalue weighted by molar-refractivity contribution is 14.1.